The molecule has 1 aromatic rings. The second-order valence-electron chi connectivity index (χ2n) is 10.4. The van der Waals surface area contributed by atoms with Crippen LogP contribution in [-0.2, 0) is 30.4 Å². The number of ether oxygens (including phenoxy) is 3. The molecule has 46 heavy (non-hydrogen) atoms. The highest BCUT2D eigenvalue weighted by Gasteiger charge is 2.20. The summed E-state index contributed by atoms with van der Waals surface area (Å²) in [6, 6.07) is 2.62. The smallest absolute Gasteiger partial charge is 0.264 e. The van der Waals surface area contributed by atoms with Crippen molar-refractivity contribution in [2.24, 2.45) is 0 Å². The Balaban J connectivity index is 2.17. The van der Waals surface area contributed by atoms with Crippen LogP contribution in [0.4, 0.5) is 0 Å². The Bertz CT molecular complexity index is 1420. The third kappa shape index (κ3) is 17.2. The van der Waals surface area contributed by atoms with Crippen molar-refractivity contribution in [3.05, 3.63) is 29.6 Å². The molecule has 0 radical (unpaired) electrons. The van der Waals surface area contributed by atoms with E-state index in [1.807, 2.05) is 11.2 Å². The number of hydrazine groups is 2. The highest BCUT2D eigenvalue weighted by molar-refractivity contribution is 7.86. The molecule has 0 fully saturated rings. The fraction of sp³-hybridized carbons (Fsp3) is 0.654. The summed E-state index contributed by atoms with van der Waals surface area (Å²) in [7, 11) is -12.8. The zero-order valence-electron chi connectivity index (χ0n) is 25.6. The van der Waals surface area contributed by atoms with Crippen LogP contribution in [0.2, 0.25) is 0 Å². The molecule has 2 rings (SSSR count). The fourth-order valence-corrected chi connectivity index (χ4v) is 5.54. The molecular weight excluding hydrogens is 673 g/mol. The maximum atomic E-state index is 13.1. The predicted molar refractivity (Wildman–Crippen MR) is 168 cm³/mol. The topological polar surface area (TPSA) is 247 Å². The highest BCUT2D eigenvalue weighted by Crippen LogP contribution is 2.39. The van der Waals surface area contributed by atoms with Gasteiger partial charge in [0, 0.05) is 30.5 Å². The van der Waals surface area contributed by atoms with Crippen LogP contribution in [0.5, 0.6) is 17.2 Å². The summed E-state index contributed by atoms with van der Waals surface area (Å²) in [6.07, 6.45) is 6.42. The number of hydrogen-bond donors (Lipinski definition) is 6. The van der Waals surface area contributed by atoms with E-state index >= 15 is 0 Å². The Morgan fingerprint density at radius 2 is 1.30 bits per heavy atom. The van der Waals surface area contributed by atoms with Gasteiger partial charge >= 0.3 is 0 Å². The highest BCUT2D eigenvalue weighted by atomic mass is 32.2. The molecular formula is C26H44N4O13S3. The molecule has 20 heteroatoms. The van der Waals surface area contributed by atoms with Crippen molar-refractivity contribution in [3.63, 3.8) is 0 Å². The Labute approximate surface area is 270 Å². The Morgan fingerprint density at radius 1 is 0.783 bits per heavy atom. The molecule has 6 N–H and O–H groups in total. The lowest BCUT2D eigenvalue weighted by molar-refractivity contribution is 0.0950. The fourth-order valence-electron chi connectivity index (χ4n) is 4.09. The van der Waals surface area contributed by atoms with Crippen LogP contribution in [0.3, 0.4) is 0 Å². The third-order valence-electron chi connectivity index (χ3n) is 6.27. The normalized spacial score (nSPS) is 13.7. The summed E-state index contributed by atoms with van der Waals surface area (Å²) in [4.78, 5) is 13.1. The van der Waals surface area contributed by atoms with Crippen molar-refractivity contribution in [1.29, 1.82) is 0 Å². The van der Waals surface area contributed by atoms with E-state index in [4.69, 9.17) is 27.9 Å². The molecule has 17 nitrogen and oxygen atoms in total. The summed E-state index contributed by atoms with van der Waals surface area (Å²) < 4.78 is 111. The third-order valence-corrected chi connectivity index (χ3v) is 8.68. The van der Waals surface area contributed by atoms with E-state index in [2.05, 4.69) is 23.2 Å². The van der Waals surface area contributed by atoms with Crippen LogP contribution in [0, 0.1) is 0 Å². The van der Waals surface area contributed by atoms with Gasteiger partial charge in [0.1, 0.15) is 0 Å². The predicted octanol–water partition coefficient (Wildman–Crippen LogP) is 1.52. The zero-order chi connectivity index (χ0) is 34.2. The van der Waals surface area contributed by atoms with Crippen molar-refractivity contribution in [2.45, 2.75) is 58.3 Å². The number of carbonyl (C=O) groups excluding carboxylic acids is 1. The van der Waals surface area contributed by atoms with Crippen molar-refractivity contribution < 1.29 is 57.9 Å². The van der Waals surface area contributed by atoms with Gasteiger partial charge in [-0.3, -0.25) is 23.5 Å². The monoisotopic (exact) mass is 716 g/mol. The first kappa shape index (κ1) is 39.3. The molecule has 1 aliphatic rings. The first-order valence-electron chi connectivity index (χ1n) is 14.8. The lowest BCUT2D eigenvalue weighted by Gasteiger charge is -2.19. The Morgan fingerprint density at radius 3 is 1.80 bits per heavy atom. The van der Waals surface area contributed by atoms with Gasteiger partial charge in [0.15, 0.2) is 11.5 Å². The lowest BCUT2D eigenvalue weighted by atomic mass is 10.1. The minimum atomic E-state index is -4.27. The van der Waals surface area contributed by atoms with E-state index in [1.165, 1.54) is 12.1 Å². The van der Waals surface area contributed by atoms with Crippen LogP contribution in [0.25, 0.3) is 0 Å². The molecule has 0 aliphatic carbocycles. The number of rotatable bonds is 24. The van der Waals surface area contributed by atoms with E-state index in [0.717, 1.165) is 31.4 Å². The number of nitrogens with one attached hydrogen (secondary N) is 3. The van der Waals surface area contributed by atoms with Gasteiger partial charge in [-0.2, -0.15) is 25.3 Å². The molecule has 0 unspecified atom stereocenters. The summed E-state index contributed by atoms with van der Waals surface area (Å²) in [6.45, 7) is 2.29. The Kier molecular flexibility index (Phi) is 16.3. The van der Waals surface area contributed by atoms with Gasteiger partial charge in [0.2, 0.25) is 5.75 Å². The van der Waals surface area contributed by atoms with Crippen molar-refractivity contribution in [3.8, 4) is 17.2 Å². The largest absolute Gasteiger partial charge is 0.489 e. The average molecular weight is 717 g/mol. The average Bonchev–Trinajstić information content (AvgIpc) is 3.40. The van der Waals surface area contributed by atoms with Crippen LogP contribution in [0.1, 0.15) is 68.6 Å². The van der Waals surface area contributed by atoms with Gasteiger partial charge in [0.05, 0.1) is 37.1 Å². The van der Waals surface area contributed by atoms with Gasteiger partial charge < -0.3 is 25.0 Å². The molecule has 1 aliphatic heterocycles. The number of allylic oxidation sites excluding steroid dienone is 1. The quantitative estimate of drug-likeness (QED) is 0.0656. The minimum absolute atomic E-state index is 0.0546. The molecule has 1 aromatic carbocycles. The molecule has 0 saturated carbocycles. The van der Waals surface area contributed by atoms with E-state index in [0.29, 0.717) is 19.5 Å². The second-order valence-corrected chi connectivity index (χ2v) is 15.1. The van der Waals surface area contributed by atoms with Gasteiger partial charge in [-0.1, -0.05) is 19.8 Å². The van der Waals surface area contributed by atoms with Crippen molar-refractivity contribution in [2.75, 3.05) is 50.2 Å². The lowest BCUT2D eigenvalue weighted by Crippen LogP contribution is -2.38. The van der Waals surface area contributed by atoms with Gasteiger partial charge in [-0.25, -0.2) is 0 Å². The van der Waals surface area contributed by atoms with Crippen LogP contribution in [-0.4, -0.2) is 100.0 Å². The zero-order valence-corrected chi connectivity index (χ0v) is 28.1. The first-order valence-corrected chi connectivity index (χ1v) is 19.6. The van der Waals surface area contributed by atoms with Crippen LogP contribution < -0.4 is 30.5 Å². The molecule has 0 saturated heterocycles. The molecule has 264 valence electrons. The molecule has 0 atom stereocenters. The molecule has 0 bridgehead atoms. The van der Waals surface area contributed by atoms with E-state index in [9.17, 15) is 30.0 Å². The number of unbranched alkanes of at least 4 members (excludes halogenated alkanes) is 2. The van der Waals surface area contributed by atoms with Crippen molar-refractivity contribution >= 4 is 36.3 Å². The molecule has 1 amide bonds. The van der Waals surface area contributed by atoms with Crippen molar-refractivity contribution in [1.82, 2.24) is 21.3 Å². The van der Waals surface area contributed by atoms with E-state index < -0.39 is 53.5 Å². The number of amides is 1. The van der Waals surface area contributed by atoms with E-state index in [1.54, 1.807) is 0 Å². The van der Waals surface area contributed by atoms with Gasteiger partial charge in [-0.05, 0) is 50.7 Å². The molecule has 0 aromatic heterocycles. The SMILES string of the molecule is CCCCCC1=CN(CCCNC(=O)c2cc(OCCCS(=O)(=O)O)c(OCCCS(=O)(=O)O)c(OCCCS(=O)(=O)O)c2)NN1. The number of benzene rings is 1. The summed E-state index contributed by atoms with van der Waals surface area (Å²) in [5.41, 5.74) is 7.29. The summed E-state index contributed by atoms with van der Waals surface area (Å²) in [5.74, 6) is -2.59. The maximum Gasteiger partial charge on any atom is 0.264 e. The second kappa shape index (κ2) is 19.1. The maximum absolute atomic E-state index is 13.1. The van der Waals surface area contributed by atoms with Crippen LogP contribution in [0.15, 0.2) is 24.0 Å². The van der Waals surface area contributed by atoms with Gasteiger partial charge in [-0.15, -0.1) is 5.53 Å². The van der Waals surface area contributed by atoms with Gasteiger partial charge in [0.25, 0.3) is 36.3 Å². The first-order chi connectivity index (χ1) is 21.6. The standard InChI is InChI=1S/C26H44N4O13S3/c1-2-3-4-9-22-20-30(29-28-22)11-5-10-27-26(31)21-18-23(41-12-6-15-44(32,33)34)25(43-14-8-17-46(38,39)40)24(19-21)42-13-7-16-45(35,36)37/h18-20,28-29H,2-17H2,1H3,(H,27,31)(H,32,33,34)(H,35,36,37)(H,38,39,40). The Hall–Kier alpha value is -2.88. The molecule has 1 heterocycles. The van der Waals surface area contributed by atoms with Crippen LogP contribution >= 0.6 is 0 Å². The number of carbonyl (C=O) groups is 1. The van der Waals surface area contributed by atoms with E-state index in [-0.39, 0.29) is 61.9 Å². The molecule has 0 spiro atoms. The number of hydrogen-bond acceptors (Lipinski definition) is 13. The summed E-state index contributed by atoms with van der Waals surface area (Å²) >= 11 is 0. The summed E-state index contributed by atoms with van der Waals surface area (Å²) in [5, 5.41) is 4.66. The minimum Gasteiger partial charge on any atom is -0.489 e. The number of nitrogens with zero attached hydrogens (tertiary/aromatic N) is 1.